The van der Waals surface area contributed by atoms with Crippen LogP contribution in [-0.2, 0) is 16.1 Å². The molecule has 0 fully saturated rings. The fraction of sp³-hybridized carbons (Fsp3) is 0.333. The van der Waals surface area contributed by atoms with Crippen molar-refractivity contribution in [1.29, 1.82) is 0 Å². The lowest BCUT2D eigenvalue weighted by Gasteiger charge is -2.07. The van der Waals surface area contributed by atoms with E-state index in [1.165, 1.54) is 10.9 Å². The second-order valence-electron chi connectivity index (χ2n) is 4.86. The van der Waals surface area contributed by atoms with Gasteiger partial charge in [-0.15, -0.1) is 0 Å². The minimum absolute atomic E-state index is 0.0222. The summed E-state index contributed by atoms with van der Waals surface area (Å²) in [5, 5.41) is 11.6. The Morgan fingerprint density at radius 1 is 1.23 bits per heavy atom. The maximum absolute atomic E-state index is 12.2. The molecule has 0 radical (unpaired) electrons. The number of aliphatic carboxylic acids is 1. The Morgan fingerprint density at radius 2 is 2.00 bits per heavy atom. The number of rotatable bonds is 7. The molecule has 0 unspecified atom stereocenters. The summed E-state index contributed by atoms with van der Waals surface area (Å²) in [6.07, 6.45) is 1.99. The van der Waals surface area contributed by atoms with E-state index in [1.54, 1.807) is 18.2 Å². The number of hydrogen-bond acceptors (Lipinski definition) is 4. The normalized spacial score (nSPS) is 10.5. The van der Waals surface area contributed by atoms with Gasteiger partial charge in [0, 0.05) is 25.9 Å². The van der Waals surface area contributed by atoms with E-state index < -0.39 is 5.97 Å². The van der Waals surface area contributed by atoms with Gasteiger partial charge < -0.3 is 10.4 Å². The van der Waals surface area contributed by atoms with Crippen LogP contribution in [0.3, 0.4) is 0 Å². The van der Waals surface area contributed by atoms with Crippen molar-refractivity contribution in [3.8, 4) is 0 Å². The average Bonchev–Trinajstić information content (AvgIpc) is 2.51. The molecule has 0 saturated carbocycles. The standard InChI is InChI=1S/C15H17N3O4/c19-13(16-8-3-6-14(20)21)7-9-18-10-17-12-5-2-1-4-11(12)15(18)22/h1-2,4-5,10H,3,6-9H2,(H,16,19)(H,20,21). The van der Waals surface area contributed by atoms with Gasteiger partial charge in [0.15, 0.2) is 0 Å². The van der Waals surface area contributed by atoms with Crippen molar-refractivity contribution < 1.29 is 14.7 Å². The molecular formula is C15H17N3O4. The van der Waals surface area contributed by atoms with Crippen LogP contribution in [0.25, 0.3) is 10.9 Å². The van der Waals surface area contributed by atoms with Gasteiger partial charge in [-0.25, -0.2) is 4.98 Å². The van der Waals surface area contributed by atoms with Crippen molar-refractivity contribution in [3.05, 3.63) is 40.9 Å². The summed E-state index contributed by atoms with van der Waals surface area (Å²) < 4.78 is 1.40. The van der Waals surface area contributed by atoms with Crippen LogP contribution in [0.1, 0.15) is 19.3 Å². The minimum atomic E-state index is -0.886. The van der Waals surface area contributed by atoms with E-state index in [2.05, 4.69) is 10.3 Å². The van der Waals surface area contributed by atoms with E-state index in [9.17, 15) is 14.4 Å². The fourth-order valence-electron chi connectivity index (χ4n) is 2.04. The molecule has 1 heterocycles. The van der Waals surface area contributed by atoms with Crippen molar-refractivity contribution in [2.75, 3.05) is 6.54 Å². The summed E-state index contributed by atoms with van der Waals surface area (Å²) in [4.78, 5) is 38.4. The highest BCUT2D eigenvalue weighted by molar-refractivity contribution is 5.77. The van der Waals surface area contributed by atoms with Gasteiger partial charge in [0.05, 0.1) is 17.2 Å². The Morgan fingerprint density at radius 3 is 2.77 bits per heavy atom. The number of nitrogens with one attached hydrogen (secondary N) is 1. The number of aromatic nitrogens is 2. The first-order valence-electron chi connectivity index (χ1n) is 7.00. The Labute approximate surface area is 126 Å². The van der Waals surface area contributed by atoms with E-state index in [-0.39, 0.29) is 30.9 Å². The summed E-state index contributed by atoms with van der Waals surface area (Å²) in [5.74, 6) is -1.10. The first kappa shape index (κ1) is 15.7. The van der Waals surface area contributed by atoms with Gasteiger partial charge in [-0.3, -0.25) is 19.0 Å². The molecular weight excluding hydrogens is 286 g/mol. The molecule has 2 rings (SSSR count). The van der Waals surface area contributed by atoms with Crippen LogP contribution in [-0.4, -0.2) is 33.1 Å². The zero-order chi connectivity index (χ0) is 15.9. The smallest absolute Gasteiger partial charge is 0.303 e. The summed E-state index contributed by atoms with van der Waals surface area (Å²) >= 11 is 0. The fourth-order valence-corrected chi connectivity index (χ4v) is 2.04. The second kappa shape index (κ2) is 7.35. The van der Waals surface area contributed by atoms with Gasteiger partial charge in [0.25, 0.3) is 5.56 Å². The predicted octanol–water partition coefficient (Wildman–Crippen LogP) is 0.768. The zero-order valence-electron chi connectivity index (χ0n) is 12.0. The third-order valence-electron chi connectivity index (χ3n) is 3.20. The van der Waals surface area contributed by atoms with Crippen LogP contribution in [0, 0.1) is 0 Å². The number of amides is 1. The van der Waals surface area contributed by atoms with Crippen molar-refractivity contribution >= 4 is 22.8 Å². The molecule has 22 heavy (non-hydrogen) atoms. The van der Waals surface area contributed by atoms with E-state index in [1.807, 2.05) is 6.07 Å². The maximum atomic E-state index is 12.2. The third kappa shape index (κ3) is 4.15. The summed E-state index contributed by atoms with van der Waals surface area (Å²) in [6.45, 7) is 0.553. The summed E-state index contributed by atoms with van der Waals surface area (Å²) in [5.41, 5.74) is 0.450. The molecule has 1 aromatic carbocycles. The first-order chi connectivity index (χ1) is 10.6. The number of benzene rings is 1. The van der Waals surface area contributed by atoms with Crippen LogP contribution in [0.5, 0.6) is 0 Å². The Kier molecular flexibility index (Phi) is 5.24. The monoisotopic (exact) mass is 303 g/mol. The molecule has 0 spiro atoms. The maximum Gasteiger partial charge on any atom is 0.303 e. The van der Waals surface area contributed by atoms with Crippen LogP contribution < -0.4 is 10.9 Å². The van der Waals surface area contributed by atoms with Gasteiger partial charge in [-0.2, -0.15) is 0 Å². The van der Waals surface area contributed by atoms with Crippen molar-refractivity contribution in [2.24, 2.45) is 0 Å². The lowest BCUT2D eigenvalue weighted by Crippen LogP contribution is -2.28. The van der Waals surface area contributed by atoms with Gasteiger partial charge in [0.1, 0.15) is 0 Å². The lowest BCUT2D eigenvalue weighted by molar-refractivity contribution is -0.137. The number of carboxylic acid groups (broad SMARTS) is 1. The highest BCUT2D eigenvalue weighted by Crippen LogP contribution is 2.04. The number of carboxylic acids is 1. The molecule has 0 aliphatic carbocycles. The molecule has 0 aliphatic rings. The largest absolute Gasteiger partial charge is 0.481 e. The van der Waals surface area contributed by atoms with Gasteiger partial charge in [-0.05, 0) is 18.6 Å². The number of hydrogen-bond donors (Lipinski definition) is 2. The molecule has 7 nitrogen and oxygen atoms in total. The van der Waals surface area contributed by atoms with Crippen LogP contribution in [0.4, 0.5) is 0 Å². The van der Waals surface area contributed by atoms with Gasteiger partial charge in [0.2, 0.25) is 5.91 Å². The molecule has 0 saturated heterocycles. The minimum Gasteiger partial charge on any atom is -0.481 e. The van der Waals surface area contributed by atoms with Crippen LogP contribution >= 0.6 is 0 Å². The first-order valence-corrected chi connectivity index (χ1v) is 7.00. The highest BCUT2D eigenvalue weighted by Gasteiger charge is 2.06. The molecule has 2 N–H and O–H groups in total. The molecule has 0 atom stereocenters. The molecule has 1 aromatic heterocycles. The highest BCUT2D eigenvalue weighted by atomic mass is 16.4. The lowest BCUT2D eigenvalue weighted by atomic mass is 10.2. The Hall–Kier alpha value is -2.70. The van der Waals surface area contributed by atoms with E-state index in [0.717, 1.165) is 0 Å². The summed E-state index contributed by atoms with van der Waals surface area (Å²) in [7, 11) is 0. The quantitative estimate of drug-likeness (QED) is 0.736. The predicted molar refractivity (Wildman–Crippen MR) is 80.5 cm³/mol. The molecule has 2 aromatic rings. The number of carbonyl (C=O) groups is 2. The van der Waals surface area contributed by atoms with Crippen LogP contribution in [0.15, 0.2) is 35.4 Å². The van der Waals surface area contributed by atoms with Gasteiger partial charge in [-0.1, -0.05) is 12.1 Å². The number of aryl methyl sites for hydroxylation is 1. The van der Waals surface area contributed by atoms with Crippen molar-refractivity contribution in [1.82, 2.24) is 14.9 Å². The summed E-state index contributed by atoms with van der Waals surface area (Å²) in [6, 6.07) is 7.04. The molecule has 0 aliphatic heterocycles. The molecule has 7 heteroatoms. The van der Waals surface area contributed by atoms with Gasteiger partial charge >= 0.3 is 5.97 Å². The molecule has 1 amide bonds. The SMILES string of the molecule is O=C(O)CCCNC(=O)CCn1cnc2ccccc2c1=O. The van der Waals surface area contributed by atoms with Crippen molar-refractivity contribution in [3.63, 3.8) is 0 Å². The Bertz CT molecular complexity index is 739. The van der Waals surface area contributed by atoms with Crippen molar-refractivity contribution in [2.45, 2.75) is 25.8 Å². The number of para-hydroxylation sites is 1. The topological polar surface area (TPSA) is 101 Å². The van der Waals surface area contributed by atoms with E-state index >= 15 is 0 Å². The average molecular weight is 303 g/mol. The second-order valence-corrected chi connectivity index (χ2v) is 4.86. The number of fused-ring (bicyclic) bond motifs is 1. The number of carbonyl (C=O) groups excluding carboxylic acids is 1. The third-order valence-corrected chi connectivity index (χ3v) is 3.20. The number of nitrogens with zero attached hydrogens (tertiary/aromatic N) is 2. The molecule has 116 valence electrons. The Balaban J connectivity index is 1.89. The zero-order valence-corrected chi connectivity index (χ0v) is 12.0. The van der Waals surface area contributed by atoms with E-state index in [0.29, 0.717) is 23.9 Å². The molecule has 0 bridgehead atoms. The van der Waals surface area contributed by atoms with E-state index in [4.69, 9.17) is 5.11 Å². The van der Waals surface area contributed by atoms with Crippen LogP contribution in [0.2, 0.25) is 0 Å².